The third-order valence-corrected chi connectivity index (χ3v) is 7.80. The number of ketones is 1. The van der Waals surface area contributed by atoms with Gasteiger partial charge in [0.2, 0.25) is 0 Å². The van der Waals surface area contributed by atoms with Crippen molar-refractivity contribution in [1.29, 1.82) is 0 Å². The standard InChI is InChI=1S/C19H22NOS.Ir/c1-22(16-9-4-2-5-10-16,17-11-6-3-7-12-17)15-19(21)18-13-8-14-20-18;/h2-7,9-12,18H,8,13-15H2,1H3;/q-1;. The normalized spacial score (nSPS) is 18.2. The Hall–Kier alpha value is -0.931. The van der Waals surface area contributed by atoms with E-state index in [9.17, 15) is 4.79 Å². The van der Waals surface area contributed by atoms with Crippen molar-refractivity contribution in [3.05, 3.63) is 66.0 Å². The first-order valence-electron chi connectivity index (χ1n) is 7.76. The van der Waals surface area contributed by atoms with Gasteiger partial charge in [0.25, 0.3) is 0 Å². The maximum Gasteiger partial charge on any atom is 0.124 e. The van der Waals surface area contributed by atoms with Gasteiger partial charge in [-0.25, -0.2) is 0 Å². The van der Waals surface area contributed by atoms with E-state index in [1.165, 1.54) is 9.79 Å². The molecule has 2 nitrogen and oxygen atoms in total. The Morgan fingerprint density at radius 3 is 2.00 bits per heavy atom. The molecule has 0 amide bonds. The summed E-state index contributed by atoms with van der Waals surface area (Å²) in [4.78, 5) is 15.3. The predicted molar refractivity (Wildman–Crippen MR) is 94.1 cm³/mol. The Bertz CT molecular complexity index is 587. The minimum Gasteiger partial charge on any atom is -0.653 e. The topological polar surface area (TPSA) is 31.2 Å². The fraction of sp³-hybridized carbons (Fsp3) is 0.316. The van der Waals surface area contributed by atoms with Crippen molar-refractivity contribution in [2.75, 3.05) is 18.6 Å². The summed E-state index contributed by atoms with van der Waals surface area (Å²) in [5.74, 6) is 0.901. The quantitative estimate of drug-likeness (QED) is 0.584. The second-order valence-corrected chi connectivity index (χ2v) is 9.30. The molecule has 0 saturated carbocycles. The molecule has 1 unspecified atom stereocenters. The molecule has 1 aliphatic heterocycles. The second-order valence-electron chi connectivity index (χ2n) is 5.89. The molecule has 4 heteroatoms. The summed E-state index contributed by atoms with van der Waals surface area (Å²) in [6, 6.07) is 20.9. The summed E-state index contributed by atoms with van der Waals surface area (Å²) in [6.07, 6.45) is 4.24. The largest absolute Gasteiger partial charge is 0.653 e. The van der Waals surface area contributed by atoms with E-state index in [0.29, 0.717) is 11.5 Å². The molecule has 2 aromatic rings. The van der Waals surface area contributed by atoms with Gasteiger partial charge in [-0.2, -0.15) is 10.0 Å². The number of carbonyl (C=O) groups is 1. The summed E-state index contributed by atoms with van der Waals surface area (Å²) in [6.45, 7) is 0.846. The number of nitrogens with zero attached hydrogens (tertiary/aromatic N) is 1. The van der Waals surface area contributed by atoms with Crippen LogP contribution in [0.1, 0.15) is 12.8 Å². The zero-order valence-corrected chi connectivity index (χ0v) is 16.5. The van der Waals surface area contributed by atoms with Crippen LogP contribution < -0.4 is 0 Å². The molecular weight excluding hydrogens is 482 g/mol. The summed E-state index contributed by atoms with van der Waals surface area (Å²) in [7, 11) is -1.34. The van der Waals surface area contributed by atoms with Crippen LogP contribution in [0, 0.1) is 0 Å². The Morgan fingerprint density at radius 2 is 1.57 bits per heavy atom. The Labute approximate surface area is 153 Å². The molecule has 1 radical (unpaired) electrons. The summed E-state index contributed by atoms with van der Waals surface area (Å²) >= 11 is 0. The number of rotatable bonds is 5. The third-order valence-electron chi connectivity index (χ3n) is 4.31. The zero-order chi connectivity index (χ0) is 15.4. The van der Waals surface area contributed by atoms with Gasteiger partial charge >= 0.3 is 0 Å². The van der Waals surface area contributed by atoms with Gasteiger partial charge in [-0.05, 0) is 40.3 Å². The third kappa shape index (κ3) is 4.13. The van der Waals surface area contributed by atoms with Crippen LogP contribution in [0.4, 0.5) is 0 Å². The number of hydrogen-bond acceptors (Lipinski definition) is 1. The molecule has 1 heterocycles. The smallest absolute Gasteiger partial charge is 0.124 e. The van der Waals surface area contributed by atoms with E-state index in [0.717, 1.165) is 19.4 Å². The second kappa shape index (κ2) is 8.25. The molecule has 0 aromatic heterocycles. The van der Waals surface area contributed by atoms with Gasteiger partial charge in [-0.15, -0.1) is 6.54 Å². The van der Waals surface area contributed by atoms with E-state index in [-0.39, 0.29) is 26.1 Å². The van der Waals surface area contributed by atoms with Crippen LogP contribution in [0.5, 0.6) is 0 Å². The molecule has 3 rings (SSSR count). The number of hydrogen-bond donors (Lipinski definition) is 0. The van der Waals surface area contributed by atoms with E-state index < -0.39 is 10.0 Å². The van der Waals surface area contributed by atoms with Crippen LogP contribution in [0.25, 0.3) is 5.32 Å². The van der Waals surface area contributed by atoms with Crippen molar-refractivity contribution in [1.82, 2.24) is 0 Å². The number of Topliss-reactive ketones (excluding diaryl/α,β-unsaturated/α-hetero) is 1. The molecule has 0 spiro atoms. The first-order valence-corrected chi connectivity index (χ1v) is 9.97. The van der Waals surface area contributed by atoms with Gasteiger partial charge in [0, 0.05) is 25.9 Å². The monoisotopic (exact) mass is 505 g/mol. The van der Waals surface area contributed by atoms with Crippen LogP contribution in [0.3, 0.4) is 0 Å². The minimum absolute atomic E-state index is 0. The fourth-order valence-electron chi connectivity index (χ4n) is 3.01. The minimum atomic E-state index is -1.34. The van der Waals surface area contributed by atoms with Crippen molar-refractivity contribution in [2.45, 2.75) is 28.7 Å². The van der Waals surface area contributed by atoms with Crippen molar-refractivity contribution in [3.8, 4) is 0 Å². The SMILES string of the molecule is CS(CC(=O)C1CCC[N-]1)(c1ccccc1)c1ccccc1.[Ir]. The number of benzene rings is 2. The maximum absolute atomic E-state index is 12.7. The number of carbonyl (C=O) groups excluding carboxylic acids is 1. The van der Waals surface area contributed by atoms with Crippen LogP contribution in [0.15, 0.2) is 70.5 Å². The van der Waals surface area contributed by atoms with Gasteiger partial charge in [0.05, 0.1) is 0 Å². The molecular formula is C19H22IrNOS-. The van der Waals surface area contributed by atoms with E-state index in [4.69, 9.17) is 0 Å². The molecule has 0 N–H and O–H groups in total. The van der Waals surface area contributed by atoms with Crippen molar-refractivity contribution in [2.24, 2.45) is 0 Å². The predicted octanol–water partition coefficient (Wildman–Crippen LogP) is 4.64. The molecule has 23 heavy (non-hydrogen) atoms. The molecule has 1 atom stereocenters. The summed E-state index contributed by atoms with van der Waals surface area (Å²) in [5.41, 5.74) is 0. The van der Waals surface area contributed by atoms with Crippen molar-refractivity contribution >= 4 is 15.8 Å². The molecule has 0 aliphatic carbocycles. The summed E-state index contributed by atoms with van der Waals surface area (Å²) < 4.78 is 0. The van der Waals surface area contributed by atoms with Gasteiger partial charge in [0.1, 0.15) is 5.78 Å². The summed E-state index contributed by atoms with van der Waals surface area (Å²) in [5, 5.41) is 4.47. The fourth-order valence-corrected chi connectivity index (χ4v) is 5.89. The first-order chi connectivity index (χ1) is 10.7. The Balaban J connectivity index is 0.00000192. The first kappa shape index (κ1) is 18.4. The molecule has 0 bridgehead atoms. The van der Waals surface area contributed by atoms with Crippen LogP contribution in [-0.2, 0) is 24.9 Å². The molecule has 125 valence electrons. The van der Waals surface area contributed by atoms with Gasteiger partial charge in [-0.3, -0.25) is 0 Å². The van der Waals surface area contributed by atoms with Crippen molar-refractivity contribution < 1.29 is 24.9 Å². The van der Waals surface area contributed by atoms with E-state index in [2.05, 4.69) is 60.1 Å². The van der Waals surface area contributed by atoms with E-state index in [1.54, 1.807) is 0 Å². The molecule has 1 saturated heterocycles. The average Bonchev–Trinajstić information content (AvgIpc) is 3.11. The van der Waals surface area contributed by atoms with Gasteiger partial charge in [-0.1, -0.05) is 55.3 Å². The maximum atomic E-state index is 12.7. The van der Waals surface area contributed by atoms with E-state index in [1.807, 2.05) is 12.1 Å². The average molecular weight is 505 g/mol. The Morgan fingerprint density at radius 1 is 1.04 bits per heavy atom. The molecule has 1 fully saturated rings. The van der Waals surface area contributed by atoms with Crippen LogP contribution in [0.2, 0.25) is 0 Å². The zero-order valence-electron chi connectivity index (χ0n) is 13.3. The van der Waals surface area contributed by atoms with E-state index >= 15 is 0 Å². The van der Waals surface area contributed by atoms with Crippen LogP contribution in [-0.4, -0.2) is 30.4 Å². The molecule has 2 aromatic carbocycles. The molecule has 1 aliphatic rings. The van der Waals surface area contributed by atoms with Crippen molar-refractivity contribution in [3.63, 3.8) is 0 Å². The van der Waals surface area contributed by atoms with Gasteiger partial charge in [0.15, 0.2) is 0 Å². The Kier molecular flexibility index (Phi) is 6.60. The van der Waals surface area contributed by atoms with Gasteiger partial charge < -0.3 is 10.1 Å². The van der Waals surface area contributed by atoms with Crippen LogP contribution >= 0.6 is 10.0 Å².